The van der Waals surface area contributed by atoms with Crippen LogP contribution in [-0.2, 0) is 6.54 Å². The fraction of sp³-hybridized carbons (Fsp3) is 0.654. The summed E-state index contributed by atoms with van der Waals surface area (Å²) in [5.74, 6) is 2.54. The smallest absolute Gasteiger partial charge is 0.167 e. The standard InChI is InChI=1S/C26H37N3O3/c1-17-19(14-29-16-27-15-28-29)12-22-25(2,3)8-7-9-26(22,4)23(17)24(30)18-10-20(31-5)13-21(11-18)32-6/h10-11,13,15-17,19,22-23H,7-9,12,14H2,1-6H3/t17-,19-,22?,23-,26+/m1/s1. The number of hydrogen-bond donors (Lipinski definition) is 0. The molecule has 4 rings (SSSR count). The minimum Gasteiger partial charge on any atom is -0.497 e. The van der Waals surface area contributed by atoms with Gasteiger partial charge in [-0.2, -0.15) is 5.10 Å². The third-order valence-corrected chi connectivity index (χ3v) is 8.60. The molecule has 1 heterocycles. The molecule has 2 aromatic rings. The van der Waals surface area contributed by atoms with Crippen molar-refractivity contribution in [3.05, 3.63) is 36.4 Å². The van der Waals surface area contributed by atoms with E-state index in [4.69, 9.17) is 9.47 Å². The van der Waals surface area contributed by atoms with Gasteiger partial charge in [0, 0.05) is 24.1 Å². The molecule has 0 bridgehead atoms. The molecule has 1 aromatic heterocycles. The summed E-state index contributed by atoms with van der Waals surface area (Å²) >= 11 is 0. The second kappa shape index (κ2) is 8.53. The van der Waals surface area contributed by atoms with Crippen LogP contribution in [0.5, 0.6) is 11.5 Å². The molecule has 2 aliphatic rings. The van der Waals surface area contributed by atoms with Gasteiger partial charge in [0.15, 0.2) is 5.78 Å². The van der Waals surface area contributed by atoms with Crippen molar-refractivity contribution in [2.75, 3.05) is 14.2 Å². The number of nitrogens with zero attached hydrogens (tertiary/aromatic N) is 3. The molecule has 6 heteroatoms. The zero-order valence-electron chi connectivity index (χ0n) is 20.3. The summed E-state index contributed by atoms with van der Waals surface area (Å²) in [5.41, 5.74) is 0.856. The quantitative estimate of drug-likeness (QED) is 0.573. The molecule has 174 valence electrons. The van der Waals surface area contributed by atoms with E-state index in [1.165, 1.54) is 12.8 Å². The molecule has 0 saturated heterocycles. The van der Waals surface area contributed by atoms with Crippen LogP contribution >= 0.6 is 0 Å². The zero-order valence-corrected chi connectivity index (χ0v) is 20.3. The highest BCUT2D eigenvalue weighted by Crippen LogP contribution is 2.63. The van der Waals surface area contributed by atoms with E-state index < -0.39 is 0 Å². The lowest BCUT2D eigenvalue weighted by Crippen LogP contribution is -2.56. The lowest BCUT2D eigenvalue weighted by Gasteiger charge is -2.60. The predicted molar refractivity (Wildman–Crippen MR) is 124 cm³/mol. The summed E-state index contributed by atoms with van der Waals surface area (Å²) in [6.45, 7) is 10.2. The molecule has 1 aromatic carbocycles. The van der Waals surface area contributed by atoms with Crippen molar-refractivity contribution >= 4 is 5.78 Å². The molecule has 2 fully saturated rings. The van der Waals surface area contributed by atoms with Crippen molar-refractivity contribution in [2.45, 2.75) is 59.9 Å². The van der Waals surface area contributed by atoms with Gasteiger partial charge in [-0.05, 0) is 60.0 Å². The number of hydrogen-bond acceptors (Lipinski definition) is 5. The number of ether oxygens (including phenoxy) is 2. The van der Waals surface area contributed by atoms with Gasteiger partial charge in [0.1, 0.15) is 24.2 Å². The Balaban J connectivity index is 1.77. The van der Waals surface area contributed by atoms with Crippen LogP contribution in [0.1, 0.15) is 63.7 Å². The van der Waals surface area contributed by atoms with Crippen LogP contribution in [0, 0.1) is 34.5 Å². The Morgan fingerprint density at radius 2 is 1.81 bits per heavy atom. The van der Waals surface area contributed by atoms with Gasteiger partial charge in [0.25, 0.3) is 0 Å². The maximum Gasteiger partial charge on any atom is 0.167 e. The number of benzene rings is 1. The molecule has 6 nitrogen and oxygen atoms in total. The van der Waals surface area contributed by atoms with Crippen molar-refractivity contribution in [3.63, 3.8) is 0 Å². The fourth-order valence-corrected chi connectivity index (χ4v) is 6.99. The minimum atomic E-state index is -0.0637. The van der Waals surface area contributed by atoms with Crippen LogP contribution in [0.3, 0.4) is 0 Å². The van der Waals surface area contributed by atoms with Crippen LogP contribution in [0.2, 0.25) is 0 Å². The third-order valence-electron chi connectivity index (χ3n) is 8.60. The molecule has 5 atom stereocenters. The van der Waals surface area contributed by atoms with Gasteiger partial charge in [0.2, 0.25) is 0 Å². The Morgan fingerprint density at radius 1 is 1.12 bits per heavy atom. The molecule has 0 amide bonds. The third kappa shape index (κ3) is 3.93. The maximum absolute atomic E-state index is 14.2. The summed E-state index contributed by atoms with van der Waals surface area (Å²) in [6.07, 6.45) is 7.98. The van der Waals surface area contributed by atoms with E-state index >= 15 is 0 Å². The van der Waals surface area contributed by atoms with Gasteiger partial charge >= 0.3 is 0 Å². The molecule has 32 heavy (non-hydrogen) atoms. The van der Waals surface area contributed by atoms with Crippen molar-refractivity contribution < 1.29 is 14.3 Å². The first-order chi connectivity index (χ1) is 15.2. The van der Waals surface area contributed by atoms with E-state index in [2.05, 4.69) is 37.8 Å². The van der Waals surface area contributed by atoms with Crippen molar-refractivity contribution in [3.8, 4) is 11.5 Å². The van der Waals surface area contributed by atoms with E-state index in [1.54, 1.807) is 26.9 Å². The highest BCUT2D eigenvalue weighted by Gasteiger charge is 2.58. The van der Waals surface area contributed by atoms with Crippen LogP contribution in [0.4, 0.5) is 0 Å². The first-order valence-electron chi connectivity index (χ1n) is 11.8. The Labute approximate surface area is 191 Å². The largest absolute Gasteiger partial charge is 0.497 e. The number of fused-ring (bicyclic) bond motifs is 1. The van der Waals surface area contributed by atoms with Gasteiger partial charge in [-0.15, -0.1) is 0 Å². The normalized spacial score (nSPS) is 31.6. The highest BCUT2D eigenvalue weighted by molar-refractivity contribution is 5.99. The summed E-state index contributed by atoms with van der Waals surface area (Å²) in [4.78, 5) is 18.4. The SMILES string of the molecule is COc1cc(OC)cc(C(=O)[C@H]2[C@H](C)[C@@H](Cn3cncn3)CC3C(C)(C)CCC[C@@]32C)c1. The first kappa shape index (κ1) is 22.8. The van der Waals surface area contributed by atoms with Crippen molar-refractivity contribution in [1.29, 1.82) is 0 Å². The van der Waals surface area contributed by atoms with Gasteiger partial charge in [0.05, 0.1) is 14.2 Å². The Morgan fingerprint density at radius 3 is 2.41 bits per heavy atom. The number of carbonyl (C=O) groups excluding carboxylic acids is 1. The molecule has 0 spiro atoms. The molecular formula is C26H37N3O3. The van der Waals surface area contributed by atoms with Crippen LogP contribution in [-0.4, -0.2) is 34.8 Å². The second-order valence-electron chi connectivity index (χ2n) is 10.8. The number of rotatable bonds is 6. The second-order valence-corrected chi connectivity index (χ2v) is 10.8. The van der Waals surface area contributed by atoms with Crippen LogP contribution < -0.4 is 9.47 Å². The summed E-state index contributed by atoms with van der Waals surface area (Å²) < 4.78 is 12.9. The lowest BCUT2D eigenvalue weighted by molar-refractivity contribution is -0.105. The van der Waals surface area contributed by atoms with E-state index in [1.807, 2.05) is 22.9 Å². The molecular weight excluding hydrogens is 402 g/mol. The minimum absolute atomic E-state index is 0.0343. The van der Waals surface area contributed by atoms with Crippen LogP contribution in [0.25, 0.3) is 0 Å². The summed E-state index contributed by atoms with van der Waals surface area (Å²) in [7, 11) is 3.25. The Kier molecular flexibility index (Phi) is 6.08. The summed E-state index contributed by atoms with van der Waals surface area (Å²) in [5, 5.41) is 4.36. The fourth-order valence-electron chi connectivity index (χ4n) is 6.99. The average molecular weight is 440 g/mol. The lowest BCUT2D eigenvalue weighted by atomic mass is 9.44. The predicted octanol–water partition coefficient (Wildman–Crippen LogP) is 5.28. The molecule has 0 aliphatic heterocycles. The number of carbonyl (C=O) groups is 1. The van der Waals surface area contributed by atoms with Gasteiger partial charge in [-0.1, -0.05) is 34.1 Å². The number of aromatic nitrogens is 3. The number of ketones is 1. The van der Waals surface area contributed by atoms with E-state index in [0.717, 1.165) is 19.4 Å². The molecule has 2 aliphatic carbocycles. The highest BCUT2D eigenvalue weighted by atomic mass is 16.5. The van der Waals surface area contributed by atoms with Gasteiger partial charge in [-0.3, -0.25) is 9.48 Å². The Bertz CT molecular complexity index is 933. The number of Topliss-reactive ketones (excluding diaryl/α,β-unsaturated/α-hetero) is 1. The maximum atomic E-state index is 14.2. The molecule has 1 unspecified atom stereocenters. The first-order valence-corrected chi connectivity index (χ1v) is 11.8. The average Bonchev–Trinajstić information content (AvgIpc) is 3.27. The monoisotopic (exact) mass is 439 g/mol. The number of methoxy groups -OCH3 is 2. The molecule has 2 saturated carbocycles. The van der Waals surface area contributed by atoms with Crippen molar-refractivity contribution in [1.82, 2.24) is 14.8 Å². The topological polar surface area (TPSA) is 66.2 Å². The van der Waals surface area contributed by atoms with E-state index in [0.29, 0.717) is 28.9 Å². The van der Waals surface area contributed by atoms with E-state index in [-0.39, 0.29) is 28.4 Å². The summed E-state index contributed by atoms with van der Waals surface area (Å²) in [6, 6.07) is 5.55. The Hall–Kier alpha value is -2.37. The molecule has 0 radical (unpaired) electrons. The van der Waals surface area contributed by atoms with Crippen molar-refractivity contribution in [2.24, 2.45) is 34.5 Å². The molecule has 0 N–H and O–H groups in total. The van der Waals surface area contributed by atoms with E-state index in [9.17, 15) is 4.79 Å². The van der Waals surface area contributed by atoms with Gasteiger partial charge < -0.3 is 9.47 Å². The van der Waals surface area contributed by atoms with Crippen LogP contribution in [0.15, 0.2) is 30.9 Å². The zero-order chi connectivity index (χ0) is 23.1. The van der Waals surface area contributed by atoms with Gasteiger partial charge in [-0.25, -0.2) is 4.98 Å².